The molecule has 0 saturated heterocycles. The van der Waals surface area contributed by atoms with Crippen molar-refractivity contribution in [3.63, 3.8) is 0 Å². The van der Waals surface area contributed by atoms with E-state index in [1.54, 1.807) is 18.2 Å². The Morgan fingerprint density at radius 2 is 2.16 bits per heavy atom. The molecule has 0 spiro atoms. The van der Waals surface area contributed by atoms with Gasteiger partial charge in [0, 0.05) is 17.9 Å². The molecule has 0 saturated carbocycles. The standard InChI is InChI=1S/C12H9NO5S/c14-12(15)10-4-5-11(18-10)19-7-8-2-1-3-9(6-8)13(16)17/h1-6H,7H2,(H,14,15). The van der Waals surface area contributed by atoms with Gasteiger partial charge in [-0.05, 0) is 17.7 Å². The molecule has 0 aliphatic carbocycles. The number of carboxylic acid groups (broad SMARTS) is 1. The van der Waals surface area contributed by atoms with Crippen molar-refractivity contribution in [2.45, 2.75) is 10.8 Å². The van der Waals surface area contributed by atoms with Crippen molar-refractivity contribution < 1.29 is 19.2 Å². The highest BCUT2D eigenvalue weighted by Crippen LogP contribution is 2.26. The Morgan fingerprint density at radius 3 is 2.79 bits per heavy atom. The Balaban J connectivity index is 2.03. The van der Waals surface area contributed by atoms with E-state index in [1.807, 2.05) is 0 Å². The number of nitro groups is 1. The Bertz CT molecular complexity index is 622. The highest BCUT2D eigenvalue weighted by Gasteiger charge is 2.10. The van der Waals surface area contributed by atoms with Gasteiger partial charge in [-0.3, -0.25) is 10.1 Å². The van der Waals surface area contributed by atoms with Crippen LogP contribution in [0.1, 0.15) is 16.1 Å². The molecule has 1 aromatic carbocycles. The zero-order valence-electron chi connectivity index (χ0n) is 9.61. The number of non-ortho nitro benzene ring substituents is 1. The van der Waals surface area contributed by atoms with Crippen molar-refractivity contribution >= 4 is 23.4 Å². The van der Waals surface area contributed by atoms with Crippen LogP contribution in [-0.2, 0) is 5.75 Å². The molecule has 2 rings (SSSR count). The lowest BCUT2D eigenvalue weighted by Crippen LogP contribution is -1.91. The quantitative estimate of drug-likeness (QED) is 0.513. The van der Waals surface area contributed by atoms with E-state index in [0.29, 0.717) is 10.8 Å². The summed E-state index contributed by atoms with van der Waals surface area (Å²) < 4.78 is 5.07. The first-order valence-electron chi connectivity index (χ1n) is 5.25. The SMILES string of the molecule is O=C(O)c1ccc(SCc2cccc([N+](=O)[O-])c2)o1. The molecule has 0 aliphatic rings. The molecule has 0 unspecified atom stereocenters. The number of nitrogens with zero attached hydrogens (tertiary/aromatic N) is 1. The first-order chi connectivity index (χ1) is 9.06. The van der Waals surface area contributed by atoms with Crippen molar-refractivity contribution in [2.24, 2.45) is 0 Å². The van der Waals surface area contributed by atoms with Crippen LogP contribution in [-0.4, -0.2) is 16.0 Å². The second kappa shape index (κ2) is 5.57. The summed E-state index contributed by atoms with van der Waals surface area (Å²) in [6.45, 7) is 0. The van der Waals surface area contributed by atoms with Gasteiger partial charge in [-0.15, -0.1) is 0 Å². The number of furan rings is 1. The minimum absolute atomic E-state index is 0.0313. The summed E-state index contributed by atoms with van der Waals surface area (Å²) >= 11 is 1.28. The van der Waals surface area contributed by atoms with Gasteiger partial charge in [0.15, 0.2) is 5.09 Å². The van der Waals surface area contributed by atoms with E-state index in [4.69, 9.17) is 9.52 Å². The maximum atomic E-state index is 10.6. The summed E-state index contributed by atoms with van der Waals surface area (Å²) in [5, 5.41) is 19.8. The van der Waals surface area contributed by atoms with Crippen LogP contribution < -0.4 is 0 Å². The zero-order chi connectivity index (χ0) is 13.8. The molecule has 19 heavy (non-hydrogen) atoms. The Kier molecular flexibility index (Phi) is 3.86. The van der Waals surface area contributed by atoms with Gasteiger partial charge in [0.25, 0.3) is 5.69 Å². The highest BCUT2D eigenvalue weighted by atomic mass is 32.2. The monoisotopic (exact) mass is 279 g/mol. The van der Waals surface area contributed by atoms with E-state index in [9.17, 15) is 14.9 Å². The third-order valence-corrected chi connectivity index (χ3v) is 3.28. The third-order valence-electron chi connectivity index (χ3n) is 2.29. The molecular formula is C12H9NO5S. The van der Waals surface area contributed by atoms with Gasteiger partial charge in [0.1, 0.15) is 0 Å². The van der Waals surface area contributed by atoms with Crippen LogP contribution in [0, 0.1) is 10.1 Å². The normalized spacial score (nSPS) is 10.3. The van der Waals surface area contributed by atoms with Crippen molar-refractivity contribution in [2.75, 3.05) is 0 Å². The lowest BCUT2D eigenvalue weighted by molar-refractivity contribution is -0.384. The minimum Gasteiger partial charge on any atom is -0.475 e. The second-order valence-corrected chi connectivity index (χ2v) is 4.62. The van der Waals surface area contributed by atoms with Crippen molar-refractivity contribution in [1.29, 1.82) is 0 Å². The van der Waals surface area contributed by atoms with E-state index in [-0.39, 0.29) is 11.4 Å². The Hall–Kier alpha value is -2.28. The summed E-state index contributed by atoms with van der Waals surface area (Å²) in [5.41, 5.74) is 0.802. The van der Waals surface area contributed by atoms with Gasteiger partial charge in [-0.1, -0.05) is 23.9 Å². The van der Waals surface area contributed by atoms with Gasteiger partial charge in [0.05, 0.1) is 4.92 Å². The van der Waals surface area contributed by atoms with Crippen LogP contribution in [0.25, 0.3) is 0 Å². The van der Waals surface area contributed by atoms with Crippen molar-refractivity contribution in [3.05, 3.63) is 57.8 Å². The number of rotatable bonds is 5. The molecule has 0 atom stereocenters. The predicted octanol–water partition coefficient (Wildman–Crippen LogP) is 3.18. The summed E-state index contributed by atoms with van der Waals surface area (Å²) in [7, 11) is 0. The van der Waals surface area contributed by atoms with E-state index >= 15 is 0 Å². The van der Waals surface area contributed by atoms with E-state index < -0.39 is 10.9 Å². The first kappa shape index (κ1) is 13.2. The molecule has 0 aliphatic heterocycles. The molecule has 1 heterocycles. The number of benzene rings is 1. The van der Waals surface area contributed by atoms with Crippen LogP contribution in [0.2, 0.25) is 0 Å². The molecular weight excluding hydrogens is 270 g/mol. The highest BCUT2D eigenvalue weighted by molar-refractivity contribution is 7.98. The Morgan fingerprint density at radius 1 is 1.37 bits per heavy atom. The fourth-order valence-corrected chi connectivity index (χ4v) is 2.23. The molecule has 98 valence electrons. The van der Waals surface area contributed by atoms with Crippen LogP contribution in [0.5, 0.6) is 0 Å². The number of hydrogen-bond acceptors (Lipinski definition) is 5. The number of carbonyl (C=O) groups is 1. The second-order valence-electron chi connectivity index (χ2n) is 3.64. The molecule has 6 nitrogen and oxygen atoms in total. The Labute approximate surface area is 112 Å². The number of carboxylic acids is 1. The minimum atomic E-state index is -1.12. The van der Waals surface area contributed by atoms with Crippen LogP contribution in [0.3, 0.4) is 0 Å². The van der Waals surface area contributed by atoms with Crippen LogP contribution in [0.15, 0.2) is 45.9 Å². The van der Waals surface area contributed by atoms with Gasteiger partial charge in [-0.2, -0.15) is 0 Å². The molecule has 0 bridgehead atoms. The van der Waals surface area contributed by atoms with Crippen LogP contribution in [0.4, 0.5) is 5.69 Å². The number of hydrogen-bond donors (Lipinski definition) is 1. The maximum Gasteiger partial charge on any atom is 0.371 e. The van der Waals surface area contributed by atoms with E-state index in [1.165, 1.54) is 30.0 Å². The molecule has 1 N–H and O–H groups in total. The summed E-state index contributed by atoms with van der Waals surface area (Å²) in [4.78, 5) is 20.8. The smallest absolute Gasteiger partial charge is 0.371 e. The topological polar surface area (TPSA) is 93.6 Å². The third kappa shape index (κ3) is 3.35. The van der Waals surface area contributed by atoms with E-state index in [0.717, 1.165) is 5.56 Å². The van der Waals surface area contributed by atoms with Gasteiger partial charge < -0.3 is 9.52 Å². The molecule has 2 aromatic rings. The summed E-state index contributed by atoms with van der Waals surface area (Å²) in [6.07, 6.45) is 0. The maximum absolute atomic E-state index is 10.6. The predicted molar refractivity (Wildman–Crippen MR) is 68.3 cm³/mol. The fraction of sp³-hybridized carbons (Fsp3) is 0.0833. The molecule has 0 radical (unpaired) electrons. The molecule has 7 heteroatoms. The van der Waals surface area contributed by atoms with Gasteiger partial charge >= 0.3 is 5.97 Å². The summed E-state index contributed by atoms with van der Waals surface area (Å²) in [6, 6.07) is 9.21. The first-order valence-corrected chi connectivity index (χ1v) is 6.24. The lowest BCUT2D eigenvalue weighted by atomic mass is 10.2. The van der Waals surface area contributed by atoms with Crippen molar-refractivity contribution in [1.82, 2.24) is 0 Å². The van der Waals surface area contributed by atoms with Crippen molar-refractivity contribution in [3.8, 4) is 0 Å². The number of thioether (sulfide) groups is 1. The van der Waals surface area contributed by atoms with Gasteiger partial charge in [0.2, 0.25) is 5.76 Å². The largest absolute Gasteiger partial charge is 0.475 e. The number of nitro benzene ring substituents is 1. The average Bonchev–Trinajstić information content (AvgIpc) is 2.85. The van der Waals surface area contributed by atoms with Crippen LogP contribution >= 0.6 is 11.8 Å². The average molecular weight is 279 g/mol. The molecule has 0 fully saturated rings. The fourth-order valence-electron chi connectivity index (χ4n) is 1.43. The van der Waals surface area contributed by atoms with E-state index in [2.05, 4.69) is 0 Å². The summed E-state index contributed by atoms with van der Waals surface area (Å²) in [5.74, 6) is -0.780. The molecule has 1 aromatic heterocycles. The zero-order valence-corrected chi connectivity index (χ0v) is 10.4. The van der Waals surface area contributed by atoms with Gasteiger partial charge in [-0.25, -0.2) is 4.79 Å². The number of aromatic carboxylic acids is 1. The lowest BCUT2D eigenvalue weighted by Gasteiger charge is -1.99. The molecule has 0 amide bonds.